The summed E-state index contributed by atoms with van der Waals surface area (Å²) in [5.74, 6) is 0. The van der Waals surface area contributed by atoms with E-state index in [1.54, 1.807) is 0 Å². The fourth-order valence-corrected chi connectivity index (χ4v) is 8.02. The normalized spacial score (nSPS) is 18.2. The van der Waals surface area contributed by atoms with Gasteiger partial charge in [0.25, 0.3) is 0 Å². The van der Waals surface area contributed by atoms with E-state index in [2.05, 4.69) is 98.2 Å². The summed E-state index contributed by atoms with van der Waals surface area (Å²) in [4.78, 5) is 12.3. The molecule has 0 aromatic carbocycles. The molecular weight excluding hydrogens is 489 g/mol. The quantitative estimate of drug-likeness (QED) is 0.190. The highest BCUT2D eigenvalue weighted by molar-refractivity contribution is 6.71. The topological polar surface area (TPSA) is 63.2 Å². The van der Waals surface area contributed by atoms with Crippen LogP contribution in [-0.2, 0) is 26.9 Å². The summed E-state index contributed by atoms with van der Waals surface area (Å²) in [5, 5.41) is 0. The van der Waals surface area contributed by atoms with Gasteiger partial charge in [0.05, 0.1) is 18.8 Å². The van der Waals surface area contributed by atoms with Gasteiger partial charge in [0.15, 0.2) is 41.6 Å². The molecule has 11 heteroatoms. The third-order valence-corrected chi connectivity index (χ3v) is 8.78. The van der Waals surface area contributed by atoms with Crippen molar-refractivity contribution >= 4 is 47.9 Å². The zero-order valence-corrected chi connectivity index (χ0v) is 28.5. The lowest BCUT2D eigenvalue weighted by atomic mass is 10.0. The van der Waals surface area contributed by atoms with Gasteiger partial charge in [0.2, 0.25) is 0 Å². The molecule has 0 N–H and O–H groups in total. The summed E-state index contributed by atoms with van der Waals surface area (Å²) in [7, 11) is -9.81. The van der Waals surface area contributed by atoms with Crippen LogP contribution in [0.1, 0.15) is 0 Å². The molecule has 0 heterocycles. The van der Waals surface area contributed by atoms with Crippen molar-refractivity contribution in [2.75, 3.05) is 6.61 Å². The Morgan fingerprint density at radius 1 is 0.531 bits per heavy atom. The van der Waals surface area contributed by atoms with Crippen LogP contribution < -0.4 is 0 Å². The van der Waals surface area contributed by atoms with Crippen LogP contribution in [0.4, 0.5) is 0 Å². The molecule has 0 bridgehead atoms. The fourth-order valence-electron chi connectivity index (χ4n) is 3.05. The van der Waals surface area contributed by atoms with Crippen LogP contribution in [0.5, 0.6) is 0 Å². The average molecular weight is 541 g/mol. The van der Waals surface area contributed by atoms with Crippen molar-refractivity contribution in [2.24, 2.45) is 0 Å². The summed E-state index contributed by atoms with van der Waals surface area (Å²) < 4.78 is 32.8. The second-order valence-electron chi connectivity index (χ2n) is 13.4. The molecular formula is C21H52O6Si5. The van der Waals surface area contributed by atoms with E-state index < -0.39 is 59.9 Å². The highest BCUT2D eigenvalue weighted by Gasteiger charge is 2.45. The van der Waals surface area contributed by atoms with E-state index >= 15 is 0 Å². The highest BCUT2D eigenvalue weighted by Crippen LogP contribution is 2.28. The average Bonchev–Trinajstić information content (AvgIpc) is 2.48. The predicted octanol–water partition coefficient (Wildman–Crippen LogP) is 5.92. The fraction of sp³-hybridized carbons (Fsp3) is 0.952. The zero-order chi connectivity index (χ0) is 25.8. The molecule has 4 atom stereocenters. The first-order valence-electron chi connectivity index (χ1n) is 11.7. The van der Waals surface area contributed by atoms with Crippen molar-refractivity contribution in [2.45, 2.75) is 123 Å². The maximum atomic E-state index is 12.3. The third kappa shape index (κ3) is 16.2. The molecule has 0 aliphatic heterocycles. The summed E-state index contributed by atoms with van der Waals surface area (Å²) in [6, 6.07) is 0. The molecule has 0 amide bonds. The lowest BCUT2D eigenvalue weighted by Crippen LogP contribution is -2.59. The Balaban J connectivity index is 6.51. The first-order valence-corrected chi connectivity index (χ1v) is 28.8. The number of aldehydes is 1. The Morgan fingerprint density at radius 2 is 0.906 bits per heavy atom. The minimum atomic E-state index is -2.04. The Morgan fingerprint density at radius 3 is 1.22 bits per heavy atom. The number of hydrogen-bond donors (Lipinski definition) is 0. The van der Waals surface area contributed by atoms with E-state index in [-0.39, 0.29) is 6.10 Å². The SMILES string of the molecule is C[Si](C)(C)OC[C@H](O[Si](C)(C)C)[C@H](O[Si](C)(C)C)[C@@H](O[Si](C)(C)C)C(C=O)O[Si](C)(C)C. The van der Waals surface area contributed by atoms with Gasteiger partial charge in [0, 0.05) is 0 Å². The van der Waals surface area contributed by atoms with Gasteiger partial charge in [-0.2, -0.15) is 0 Å². The van der Waals surface area contributed by atoms with Gasteiger partial charge < -0.3 is 26.9 Å². The Kier molecular flexibility index (Phi) is 12.2. The summed E-state index contributed by atoms with van der Waals surface area (Å²) >= 11 is 0. The van der Waals surface area contributed by atoms with E-state index in [1.807, 2.05) is 0 Å². The molecule has 0 aromatic rings. The first kappa shape index (κ1) is 32.6. The molecule has 0 radical (unpaired) electrons. The molecule has 0 aliphatic rings. The summed E-state index contributed by atoms with van der Waals surface area (Å²) in [5.41, 5.74) is 0. The van der Waals surface area contributed by atoms with Crippen molar-refractivity contribution in [3.63, 3.8) is 0 Å². The van der Waals surface area contributed by atoms with Crippen LogP contribution in [0, 0.1) is 0 Å². The lowest BCUT2D eigenvalue weighted by molar-refractivity contribution is -0.127. The summed E-state index contributed by atoms with van der Waals surface area (Å²) in [6.45, 7) is 32.6. The van der Waals surface area contributed by atoms with E-state index in [9.17, 15) is 4.79 Å². The number of rotatable bonds is 15. The van der Waals surface area contributed by atoms with Crippen molar-refractivity contribution in [3.05, 3.63) is 0 Å². The molecule has 0 saturated heterocycles. The van der Waals surface area contributed by atoms with Crippen molar-refractivity contribution < 1.29 is 26.9 Å². The Bertz CT molecular complexity index is 570. The van der Waals surface area contributed by atoms with Gasteiger partial charge in [-0.05, 0) is 98.2 Å². The van der Waals surface area contributed by atoms with E-state index in [4.69, 9.17) is 22.1 Å². The molecule has 0 saturated carbocycles. The molecule has 192 valence electrons. The smallest absolute Gasteiger partial charge is 0.184 e. The molecule has 0 aliphatic carbocycles. The maximum absolute atomic E-state index is 12.3. The molecule has 0 fully saturated rings. The molecule has 0 aromatic heterocycles. The van der Waals surface area contributed by atoms with Crippen LogP contribution in [0.15, 0.2) is 0 Å². The first-order chi connectivity index (χ1) is 13.9. The predicted molar refractivity (Wildman–Crippen MR) is 148 cm³/mol. The van der Waals surface area contributed by atoms with Gasteiger partial charge in [0.1, 0.15) is 18.5 Å². The summed E-state index contributed by atoms with van der Waals surface area (Å²) in [6.07, 6.45) is -1.11. The number of carbonyl (C=O) groups is 1. The van der Waals surface area contributed by atoms with Gasteiger partial charge in [-0.3, -0.25) is 0 Å². The largest absolute Gasteiger partial charge is 0.415 e. The van der Waals surface area contributed by atoms with Crippen molar-refractivity contribution in [1.82, 2.24) is 0 Å². The van der Waals surface area contributed by atoms with Gasteiger partial charge >= 0.3 is 0 Å². The molecule has 32 heavy (non-hydrogen) atoms. The van der Waals surface area contributed by atoms with Crippen molar-refractivity contribution in [3.8, 4) is 0 Å². The molecule has 0 rings (SSSR count). The van der Waals surface area contributed by atoms with E-state index in [0.29, 0.717) is 6.61 Å². The Labute approximate surface area is 203 Å². The molecule has 6 nitrogen and oxygen atoms in total. The lowest BCUT2D eigenvalue weighted by Gasteiger charge is -2.44. The minimum absolute atomic E-state index is 0.325. The van der Waals surface area contributed by atoms with Gasteiger partial charge in [-0.15, -0.1) is 0 Å². The standard InChI is InChI=1S/C21H52O6Si5/c1-28(2,3)23-17-19(25-30(7,8)9)21(27-32(13,14)15)20(26-31(10,11)12)18(16-22)24-29(4,5)6/h16,18-21H,17H2,1-15H3/t18?,19-,20-,21-/m0/s1. The van der Waals surface area contributed by atoms with Crippen LogP contribution in [0.3, 0.4) is 0 Å². The second-order valence-corrected chi connectivity index (χ2v) is 35.8. The minimum Gasteiger partial charge on any atom is -0.415 e. The number of carbonyl (C=O) groups excluding carboxylic acids is 1. The number of hydrogen-bond acceptors (Lipinski definition) is 6. The molecule has 0 spiro atoms. The molecule has 1 unspecified atom stereocenters. The van der Waals surface area contributed by atoms with E-state index in [1.165, 1.54) is 0 Å². The van der Waals surface area contributed by atoms with Gasteiger partial charge in [-0.25, -0.2) is 0 Å². The highest BCUT2D eigenvalue weighted by atomic mass is 28.4. The van der Waals surface area contributed by atoms with Crippen LogP contribution in [0.2, 0.25) is 98.2 Å². The van der Waals surface area contributed by atoms with Crippen LogP contribution in [-0.4, -0.2) is 78.9 Å². The van der Waals surface area contributed by atoms with Crippen LogP contribution >= 0.6 is 0 Å². The zero-order valence-electron chi connectivity index (χ0n) is 23.5. The van der Waals surface area contributed by atoms with Gasteiger partial charge in [-0.1, -0.05) is 0 Å². The van der Waals surface area contributed by atoms with Crippen molar-refractivity contribution in [1.29, 1.82) is 0 Å². The monoisotopic (exact) mass is 540 g/mol. The third-order valence-electron chi connectivity index (χ3n) is 3.80. The van der Waals surface area contributed by atoms with E-state index in [0.717, 1.165) is 6.29 Å². The van der Waals surface area contributed by atoms with Crippen LogP contribution in [0.25, 0.3) is 0 Å². The second kappa shape index (κ2) is 12.0. The Hall–Kier alpha value is 0.554. The maximum Gasteiger partial charge on any atom is 0.184 e.